The quantitative estimate of drug-likeness (QED) is 0.639. The highest BCUT2D eigenvalue weighted by Gasteiger charge is 2.33. The van der Waals surface area contributed by atoms with E-state index < -0.39 is 0 Å². The minimum atomic E-state index is 0.237. The van der Waals surface area contributed by atoms with Gasteiger partial charge in [-0.15, -0.1) is 0 Å². The molecule has 0 aliphatic carbocycles. The average Bonchev–Trinajstić information content (AvgIpc) is 2.41. The molecule has 1 unspecified atom stereocenters. The summed E-state index contributed by atoms with van der Waals surface area (Å²) in [5, 5.41) is 0. The molecule has 0 bridgehead atoms. The Kier molecular flexibility index (Phi) is 2.18. The monoisotopic (exact) mass is 187 g/mol. The summed E-state index contributed by atoms with van der Waals surface area (Å²) in [6, 6.07) is 11.0. The summed E-state index contributed by atoms with van der Waals surface area (Å²) in [5.74, 6) is 0. The van der Waals surface area contributed by atoms with E-state index in [-0.39, 0.29) is 5.41 Å². The van der Waals surface area contributed by atoms with E-state index in [1.54, 1.807) is 0 Å². The van der Waals surface area contributed by atoms with Crippen molar-refractivity contribution >= 4 is 5.71 Å². The predicted molar refractivity (Wildman–Crippen MR) is 60.8 cm³/mol. The van der Waals surface area contributed by atoms with Crippen LogP contribution < -0.4 is 0 Å². The Hall–Kier alpha value is -1.11. The van der Waals surface area contributed by atoms with Crippen molar-refractivity contribution in [1.29, 1.82) is 0 Å². The number of hydrogen-bond acceptors (Lipinski definition) is 1. The predicted octanol–water partition coefficient (Wildman–Crippen LogP) is 3.29. The maximum Gasteiger partial charge on any atom is 0.0484 e. The molecule has 2 rings (SSSR count). The summed E-state index contributed by atoms with van der Waals surface area (Å²) in [5.41, 5.74) is 2.79. The molecule has 1 atom stereocenters. The van der Waals surface area contributed by atoms with E-state index in [2.05, 4.69) is 51.1 Å². The van der Waals surface area contributed by atoms with Crippen LogP contribution in [0, 0.1) is 5.41 Å². The van der Waals surface area contributed by atoms with Crippen molar-refractivity contribution in [2.24, 2.45) is 10.4 Å². The van der Waals surface area contributed by atoms with Crippen molar-refractivity contribution in [3.8, 4) is 0 Å². The van der Waals surface area contributed by atoms with E-state index in [1.807, 2.05) is 0 Å². The molecule has 1 aliphatic heterocycles. The summed E-state index contributed by atoms with van der Waals surface area (Å²) in [7, 11) is 0. The lowest BCUT2D eigenvalue weighted by Crippen LogP contribution is -2.21. The van der Waals surface area contributed by atoms with Gasteiger partial charge in [-0.05, 0) is 18.9 Å². The fourth-order valence-electron chi connectivity index (χ4n) is 2.34. The first-order valence-corrected chi connectivity index (χ1v) is 5.23. The zero-order valence-corrected chi connectivity index (χ0v) is 9.12. The minimum absolute atomic E-state index is 0.237. The fraction of sp³-hybridized carbons (Fsp3) is 0.462. The van der Waals surface area contributed by atoms with Crippen LogP contribution in [0.5, 0.6) is 0 Å². The number of benzene rings is 1. The average molecular weight is 187 g/mol. The molecule has 0 amide bonds. The maximum absolute atomic E-state index is 4.73. The number of rotatable bonds is 1. The molecule has 1 heterocycles. The van der Waals surface area contributed by atoms with E-state index in [4.69, 9.17) is 4.99 Å². The zero-order chi connectivity index (χ0) is 10.2. The zero-order valence-electron chi connectivity index (χ0n) is 9.12. The Morgan fingerprint density at radius 3 is 2.36 bits per heavy atom. The molecule has 1 heteroatoms. The van der Waals surface area contributed by atoms with Crippen LogP contribution in [-0.2, 0) is 0 Å². The first-order chi connectivity index (χ1) is 6.59. The van der Waals surface area contributed by atoms with E-state index >= 15 is 0 Å². The van der Waals surface area contributed by atoms with Crippen molar-refractivity contribution < 1.29 is 0 Å². The molecule has 74 valence electrons. The van der Waals surface area contributed by atoms with Crippen molar-refractivity contribution in [3.63, 3.8) is 0 Å². The van der Waals surface area contributed by atoms with E-state index in [9.17, 15) is 0 Å². The minimum Gasteiger partial charge on any atom is -0.286 e. The van der Waals surface area contributed by atoms with Crippen LogP contribution in [0.15, 0.2) is 35.3 Å². The van der Waals surface area contributed by atoms with Crippen LogP contribution in [0.4, 0.5) is 0 Å². The van der Waals surface area contributed by atoms with Crippen LogP contribution >= 0.6 is 0 Å². The van der Waals surface area contributed by atoms with Gasteiger partial charge in [-0.2, -0.15) is 0 Å². The Balaban J connectivity index is 2.40. The Morgan fingerprint density at radius 2 is 1.86 bits per heavy atom. The topological polar surface area (TPSA) is 12.4 Å². The van der Waals surface area contributed by atoms with Gasteiger partial charge in [-0.25, -0.2) is 0 Å². The molecule has 0 saturated carbocycles. The molecular weight excluding hydrogens is 170 g/mol. The third-order valence-electron chi connectivity index (χ3n) is 2.84. The maximum atomic E-state index is 4.73. The molecule has 0 spiro atoms. The summed E-state index contributed by atoms with van der Waals surface area (Å²) < 4.78 is 0. The summed E-state index contributed by atoms with van der Waals surface area (Å²) in [6.07, 6.45) is 1.16. The lowest BCUT2D eigenvalue weighted by Gasteiger charge is -2.20. The summed E-state index contributed by atoms with van der Waals surface area (Å²) >= 11 is 0. The fourth-order valence-corrected chi connectivity index (χ4v) is 2.34. The van der Waals surface area contributed by atoms with Gasteiger partial charge in [0, 0.05) is 17.2 Å². The number of nitrogens with zero attached hydrogens (tertiary/aromatic N) is 1. The third-order valence-corrected chi connectivity index (χ3v) is 2.84. The SMILES string of the molecule is CC1CC(C)(C)C(c2ccccc2)=N1. The lowest BCUT2D eigenvalue weighted by molar-refractivity contribution is 0.476. The second-order valence-electron chi connectivity index (χ2n) is 4.78. The molecule has 0 saturated heterocycles. The second kappa shape index (κ2) is 3.23. The van der Waals surface area contributed by atoms with Crippen molar-refractivity contribution in [2.75, 3.05) is 0 Å². The molecule has 14 heavy (non-hydrogen) atoms. The molecule has 1 aromatic carbocycles. The highest BCUT2D eigenvalue weighted by atomic mass is 14.9. The highest BCUT2D eigenvalue weighted by molar-refractivity contribution is 6.05. The van der Waals surface area contributed by atoms with Gasteiger partial charge in [0.15, 0.2) is 0 Å². The normalized spacial score (nSPS) is 24.8. The summed E-state index contributed by atoms with van der Waals surface area (Å²) in [4.78, 5) is 4.73. The van der Waals surface area contributed by atoms with Gasteiger partial charge in [0.1, 0.15) is 0 Å². The van der Waals surface area contributed by atoms with E-state index in [0.29, 0.717) is 6.04 Å². The molecule has 0 radical (unpaired) electrons. The van der Waals surface area contributed by atoms with Crippen molar-refractivity contribution in [3.05, 3.63) is 35.9 Å². The Morgan fingerprint density at radius 1 is 1.21 bits per heavy atom. The van der Waals surface area contributed by atoms with Gasteiger partial charge < -0.3 is 0 Å². The van der Waals surface area contributed by atoms with Crippen molar-refractivity contribution in [2.45, 2.75) is 33.2 Å². The molecule has 1 aromatic rings. The van der Waals surface area contributed by atoms with Gasteiger partial charge in [0.2, 0.25) is 0 Å². The molecule has 0 aromatic heterocycles. The molecule has 0 N–H and O–H groups in total. The first kappa shape index (κ1) is 9.45. The number of hydrogen-bond donors (Lipinski definition) is 0. The van der Waals surface area contributed by atoms with Crippen LogP contribution in [0.25, 0.3) is 0 Å². The van der Waals surface area contributed by atoms with E-state index in [1.165, 1.54) is 11.3 Å². The smallest absolute Gasteiger partial charge is 0.0484 e. The molecule has 1 nitrogen and oxygen atoms in total. The Labute approximate surface area is 85.9 Å². The van der Waals surface area contributed by atoms with Crippen LogP contribution in [0.3, 0.4) is 0 Å². The second-order valence-corrected chi connectivity index (χ2v) is 4.78. The highest BCUT2D eigenvalue weighted by Crippen LogP contribution is 2.35. The van der Waals surface area contributed by atoms with Gasteiger partial charge in [0.25, 0.3) is 0 Å². The molecule has 1 aliphatic rings. The number of aliphatic imine (C=N–C) groups is 1. The van der Waals surface area contributed by atoms with Gasteiger partial charge in [-0.1, -0.05) is 44.2 Å². The van der Waals surface area contributed by atoms with Crippen molar-refractivity contribution in [1.82, 2.24) is 0 Å². The van der Waals surface area contributed by atoms with Crippen LogP contribution in [0.1, 0.15) is 32.8 Å². The molecular formula is C13H17N. The Bertz CT molecular complexity index is 349. The lowest BCUT2D eigenvalue weighted by atomic mass is 9.82. The van der Waals surface area contributed by atoms with Gasteiger partial charge >= 0.3 is 0 Å². The standard InChI is InChI=1S/C13H17N/c1-10-9-13(2,3)12(14-10)11-7-5-4-6-8-11/h4-8,10H,9H2,1-3H3. The van der Waals surface area contributed by atoms with E-state index in [0.717, 1.165) is 6.42 Å². The first-order valence-electron chi connectivity index (χ1n) is 5.23. The third kappa shape index (κ3) is 1.59. The molecule has 0 fully saturated rings. The summed E-state index contributed by atoms with van der Waals surface area (Å²) in [6.45, 7) is 6.75. The van der Waals surface area contributed by atoms with Crippen LogP contribution in [-0.4, -0.2) is 11.8 Å². The van der Waals surface area contributed by atoms with Gasteiger partial charge in [-0.3, -0.25) is 4.99 Å². The van der Waals surface area contributed by atoms with Gasteiger partial charge in [0.05, 0.1) is 0 Å². The largest absolute Gasteiger partial charge is 0.286 e. The van der Waals surface area contributed by atoms with Crippen LogP contribution in [0.2, 0.25) is 0 Å².